The van der Waals surface area contributed by atoms with Crippen LogP contribution in [0.2, 0.25) is 0 Å². The van der Waals surface area contributed by atoms with Gasteiger partial charge in [-0.3, -0.25) is 9.63 Å². The van der Waals surface area contributed by atoms with Crippen molar-refractivity contribution >= 4 is 28.6 Å². The highest BCUT2D eigenvalue weighted by Crippen LogP contribution is 2.35. The summed E-state index contributed by atoms with van der Waals surface area (Å²) < 4.78 is 5.84. The average molecular weight is 333 g/mol. The first-order chi connectivity index (χ1) is 11.2. The molecule has 1 aromatic heterocycles. The van der Waals surface area contributed by atoms with Gasteiger partial charge in [-0.15, -0.1) is 0 Å². The predicted molar refractivity (Wildman–Crippen MR) is 93.5 cm³/mol. The lowest BCUT2D eigenvalue weighted by molar-refractivity contribution is -0.0773. The van der Waals surface area contributed by atoms with Gasteiger partial charge in [0.15, 0.2) is 5.76 Å². The van der Waals surface area contributed by atoms with Crippen molar-refractivity contribution in [2.45, 2.75) is 43.1 Å². The largest absolute Gasteiger partial charge is 0.450 e. The van der Waals surface area contributed by atoms with Crippen molar-refractivity contribution in [1.29, 1.82) is 0 Å². The Kier molecular flexibility index (Phi) is 5.28. The molecule has 1 heterocycles. The number of hydrogen-bond donors (Lipinski definition) is 0. The van der Waals surface area contributed by atoms with Gasteiger partial charge in [-0.1, -0.05) is 37.5 Å². The number of para-hydroxylation sites is 1. The number of benzene rings is 1. The van der Waals surface area contributed by atoms with Crippen molar-refractivity contribution in [2.24, 2.45) is 0 Å². The third-order valence-electron chi connectivity index (χ3n) is 4.47. The summed E-state index contributed by atoms with van der Waals surface area (Å²) in [6.45, 7) is 0. The van der Waals surface area contributed by atoms with Crippen LogP contribution in [0, 0.1) is 0 Å². The van der Waals surface area contributed by atoms with E-state index in [0.29, 0.717) is 11.0 Å². The topological polar surface area (TPSA) is 42.7 Å². The Morgan fingerprint density at radius 2 is 2.04 bits per heavy atom. The minimum atomic E-state index is -0.233. The summed E-state index contributed by atoms with van der Waals surface area (Å²) in [6.07, 6.45) is 6.56. The molecule has 5 heteroatoms. The normalized spacial score (nSPS) is 15.9. The van der Waals surface area contributed by atoms with E-state index in [2.05, 4.69) is 0 Å². The average Bonchev–Trinajstić information content (AvgIpc) is 2.98. The number of nitrogens with zero attached hydrogens (tertiary/aromatic N) is 1. The van der Waals surface area contributed by atoms with Gasteiger partial charge < -0.3 is 4.42 Å². The fraction of sp³-hybridized carbons (Fsp3) is 0.500. The zero-order chi connectivity index (χ0) is 16.2. The van der Waals surface area contributed by atoms with Gasteiger partial charge in [-0.2, -0.15) is 11.8 Å². The van der Waals surface area contributed by atoms with Gasteiger partial charge in [-0.05, 0) is 18.9 Å². The summed E-state index contributed by atoms with van der Waals surface area (Å²) in [6, 6.07) is 7.85. The Morgan fingerprint density at radius 3 is 2.78 bits per heavy atom. The number of carbonyl (C=O) groups is 1. The minimum Gasteiger partial charge on any atom is -0.450 e. The van der Waals surface area contributed by atoms with E-state index in [9.17, 15) is 4.79 Å². The summed E-state index contributed by atoms with van der Waals surface area (Å²) in [4.78, 5) is 17.5. The lowest BCUT2D eigenvalue weighted by Gasteiger charge is -2.21. The van der Waals surface area contributed by atoms with E-state index in [1.807, 2.05) is 36.0 Å². The molecule has 0 aliphatic heterocycles. The molecule has 1 saturated carbocycles. The molecule has 23 heavy (non-hydrogen) atoms. The maximum Gasteiger partial charge on any atom is 0.313 e. The van der Waals surface area contributed by atoms with Crippen molar-refractivity contribution in [2.75, 3.05) is 14.2 Å². The van der Waals surface area contributed by atoms with Gasteiger partial charge in [0, 0.05) is 29.0 Å². The Hall–Kier alpha value is -1.46. The molecule has 124 valence electrons. The summed E-state index contributed by atoms with van der Waals surface area (Å²) in [7, 11) is 3.09. The first-order valence-electron chi connectivity index (χ1n) is 8.15. The fourth-order valence-corrected chi connectivity index (χ4v) is 4.43. The van der Waals surface area contributed by atoms with Crippen LogP contribution in [0.5, 0.6) is 0 Å². The van der Waals surface area contributed by atoms with Crippen LogP contribution < -0.4 is 0 Å². The number of amides is 1. The first kappa shape index (κ1) is 16.4. The van der Waals surface area contributed by atoms with E-state index in [4.69, 9.17) is 9.25 Å². The van der Waals surface area contributed by atoms with Crippen LogP contribution in [0.15, 0.2) is 28.7 Å². The third kappa shape index (κ3) is 3.56. The number of rotatable bonds is 5. The number of furan rings is 1. The standard InChI is InChI=1S/C18H23NO3S/c1-19(21-2)18(20)17-15(12-23-13-8-4-3-5-9-13)14-10-6-7-11-16(14)22-17/h6-7,10-11,13H,3-5,8-9,12H2,1-2H3. The molecule has 1 amide bonds. The van der Waals surface area contributed by atoms with E-state index in [0.717, 1.165) is 22.3 Å². The molecule has 0 unspecified atom stereocenters. The summed E-state index contributed by atoms with van der Waals surface area (Å²) in [5.41, 5.74) is 1.75. The predicted octanol–water partition coefficient (Wildman–Crippen LogP) is 4.63. The van der Waals surface area contributed by atoms with Gasteiger partial charge in [-0.25, -0.2) is 5.06 Å². The maximum atomic E-state index is 12.5. The number of hydrogen-bond acceptors (Lipinski definition) is 4. The molecule has 4 nitrogen and oxygen atoms in total. The van der Waals surface area contributed by atoms with Gasteiger partial charge in [0.1, 0.15) is 5.58 Å². The van der Waals surface area contributed by atoms with Crippen molar-refractivity contribution in [3.63, 3.8) is 0 Å². The lowest BCUT2D eigenvalue weighted by atomic mass is 10.0. The van der Waals surface area contributed by atoms with Gasteiger partial charge in [0.05, 0.1) is 7.11 Å². The van der Waals surface area contributed by atoms with Gasteiger partial charge >= 0.3 is 5.91 Å². The van der Waals surface area contributed by atoms with E-state index >= 15 is 0 Å². The molecular formula is C18H23NO3S. The molecule has 1 aliphatic carbocycles. The van der Waals surface area contributed by atoms with Crippen LogP contribution in [-0.4, -0.2) is 30.4 Å². The van der Waals surface area contributed by atoms with Crippen molar-refractivity contribution in [1.82, 2.24) is 5.06 Å². The maximum absolute atomic E-state index is 12.5. The Balaban J connectivity index is 1.87. The first-order valence-corrected chi connectivity index (χ1v) is 9.19. The quantitative estimate of drug-likeness (QED) is 0.748. The molecule has 0 N–H and O–H groups in total. The van der Waals surface area contributed by atoms with Crippen LogP contribution in [0.25, 0.3) is 11.0 Å². The second kappa shape index (κ2) is 7.41. The summed E-state index contributed by atoms with van der Waals surface area (Å²) in [5, 5.41) is 2.94. The van der Waals surface area contributed by atoms with Gasteiger partial charge in [0.2, 0.25) is 0 Å². The highest BCUT2D eigenvalue weighted by Gasteiger charge is 2.24. The minimum absolute atomic E-state index is 0.233. The highest BCUT2D eigenvalue weighted by molar-refractivity contribution is 7.99. The second-order valence-electron chi connectivity index (χ2n) is 5.96. The molecule has 0 spiro atoms. The van der Waals surface area contributed by atoms with Crippen molar-refractivity contribution in [3.8, 4) is 0 Å². The number of carbonyl (C=O) groups excluding carboxylic acids is 1. The molecule has 0 bridgehead atoms. The Morgan fingerprint density at radius 1 is 1.30 bits per heavy atom. The van der Waals surface area contributed by atoms with E-state index in [1.165, 1.54) is 44.3 Å². The smallest absolute Gasteiger partial charge is 0.313 e. The van der Waals surface area contributed by atoms with Crippen LogP contribution in [-0.2, 0) is 10.6 Å². The van der Waals surface area contributed by atoms with Crippen LogP contribution in [0.3, 0.4) is 0 Å². The van der Waals surface area contributed by atoms with E-state index in [1.54, 1.807) is 7.05 Å². The molecule has 3 rings (SSSR count). The monoisotopic (exact) mass is 333 g/mol. The molecule has 0 saturated heterocycles. The second-order valence-corrected chi connectivity index (χ2v) is 7.25. The number of hydroxylamine groups is 2. The lowest BCUT2D eigenvalue weighted by Crippen LogP contribution is -2.25. The number of thioether (sulfide) groups is 1. The Bertz CT molecular complexity index is 676. The van der Waals surface area contributed by atoms with E-state index in [-0.39, 0.29) is 5.91 Å². The SMILES string of the molecule is CON(C)C(=O)c1oc2ccccc2c1CSC1CCCCC1. The van der Waals surface area contributed by atoms with E-state index < -0.39 is 0 Å². The zero-order valence-corrected chi connectivity index (χ0v) is 14.5. The molecule has 2 aromatic rings. The van der Waals surface area contributed by atoms with Gasteiger partial charge in [0.25, 0.3) is 0 Å². The third-order valence-corrected chi connectivity index (χ3v) is 5.87. The molecule has 0 atom stereocenters. The van der Waals surface area contributed by atoms with Crippen molar-refractivity contribution in [3.05, 3.63) is 35.6 Å². The molecule has 1 aromatic carbocycles. The zero-order valence-electron chi connectivity index (χ0n) is 13.7. The van der Waals surface area contributed by atoms with Crippen LogP contribution in [0.1, 0.15) is 48.2 Å². The summed E-state index contributed by atoms with van der Waals surface area (Å²) >= 11 is 1.95. The fourth-order valence-electron chi connectivity index (χ4n) is 3.07. The van der Waals surface area contributed by atoms with Crippen LogP contribution in [0.4, 0.5) is 0 Å². The Labute approximate surface area is 141 Å². The molecule has 1 aliphatic rings. The van der Waals surface area contributed by atoms with Crippen molar-refractivity contribution < 1.29 is 14.0 Å². The molecule has 0 radical (unpaired) electrons. The summed E-state index contributed by atoms with van der Waals surface area (Å²) in [5.74, 6) is 0.974. The molecular weight excluding hydrogens is 310 g/mol. The highest BCUT2D eigenvalue weighted by atomic mass is 32.2. The van der Waals surface area contributed by atoms with Crippen LogP contribution >= 0.6 is 11.8 Å². The number of fused-ring (bicyclic) bond motifs is 1. The molecule has 1 fully saturated rings.